The molecule has 0 radical (unpaired) electrons. The van der Waals surface area contributed by atoms with E-state index in [9.17, 15) is 0 Å². The Morgan fingerprint density at radius 2 is 1.71 bits per heavy atom. The molecule has 0 fully saturated rings. The third-order valence-electron chi connectivity index (χ3n) is 4.89. The first-order chi connectivity index (χ1) is 11.3. The van der Waals surface area contributed by atoms with Crippen molar-refractivity contribution in [2.24, 2.45) is 0 Å². The van der Waals surface area contributed by atoms with Crippen LogP contribution in [0.15, 0.2) is 66.2 Å². The van der Waals surface area contributed by atoms with Crippen molar-refractivity contribution in [3.05, 3.63) is 88.5 Å². The van der Waals surface area contributed by atoms with Crippen LogP contribution in [-0.2, 0) is 36.3 Å². The summed E-state index contributed by atoms with van der Waals surface area (Å²) < 4.78 is 0. The maximum Gasteiger partial charge on any atom is 2.00 e. The van der Waals surface area contributed by atoms with Gasteiger partial charge < -0.3 is 0 Å². The molecule has 122 valence electrons. The summed E-state index contributed by atoms with van der Waals surface area (Å²) in [7, 11) is 0. The minimum absolute atomic E-state index is 0. The topological polar surface area (TPSA) is 0 Å². The number of aryl methyl sites for hydroxylation is 1. The number of fused-ring (bicyclic) bond motifs is 2. The van der Waals surface area contributed by atoms with Crippen LogP contribution in [0.2, 0.25) is 0 Å². The average molecular weight is 354 g/mol. The second-order valence-corrected chi connectivity index (χ2v) is 6.62. The number of rotatable bonds is 1. The fraction of sp³-hybridized carbons (Fsp3) is 0.217. The van der Waals surface area contributed by atoms with Gasteiger partial charge in [0.2, 0.25) is 0 Å². The molecule has 2 aliphatic rings. The Morgan fingerprint density at radius 1 is 0.958 bits per heavy atom. The molecule has 0 spiro atoms. The van der Waals surface area contributed by atoms with E-state index in [-0.39, 0.29) is 17.1 Å². The Morgan fingerprint density at radius 3 is 2.38 bits per heavy atom. The van der Waals surface area contributed by atoms with E-state index in [1.165, 1.54) is 41.5 Å². The van der Waals surface area contributed by atoms with Crippen molar-refractivity contribution in [3.8, 4) is 11.1 Å². The standard InChI is InChI=1S/C18H17.C5H5.Fe/c1-12-9-15-11-14-7-4-8-16(14)18(17(15)10-12)13-5-2-3-6-13;1-2-4-5-3-1;/h2-3,5-6,10-11H,4,7-9H2,1H3;1-5H;/q2*-1;+2. The van der Waals surface area contributed by atoms with Gasteiger partial charge in [0.1, 0.15) is 0 Å². The van der Waals surface area contributed by atoms with Gasteiger partial charge in [0, 0.05) is 0 Å². The SMILES string of the molecule is CC1=Cc2c(cc3c(c2-[c-]2cccc2)CCC3)C1.[Fe+2].c1cc[cH-]c1. The van der Waals surface area contributed by atoms with Gasteiger partial charge in [-0.3, -0.25) is 0 Å². The third-order valence-corrected chi connectivity index (χ3v) is 4.89. The van der Waals surface area contributed by atoms with Gasteiger partial charge >= 0.3 is 17.1 Å². The van der Waals surface area contributed by atoms with E-state index in [1.54, 1.807) is 16.7 Å². The summed E-state index contributed by atoms with van der Waals surface area (Å²) in [5, 5.41) is 0. The van der Waals surface area contributed by atoms with Crippen LogP contribution in [0.5, 0.6) is 0 Å². The quantitative estimate of drug-likeness (QED) is 0.376. The summed E-state index contributed by atoms with van der Waals surface area (Å²) in [5.41, 5.74) is 10.7. The molecule has 0 amide bonds. The minimum atomic E-state index is 0. The Kier molecular flexibility index (Phi) is 5.23. The number of benzene rings is 1. The van der Waals surface area contributed by atoms with E-state index >= 15 is 0 Å². The van der Waals surface area contributed by atoms with Gasteiger partial charge in [0.25, 0.3) is 0 Å². The molecule has 0 nitrogen and oxygen atoms in total. The van der Waals surface area contributed by atoms with Crippen LogP contribution in [0, 0.1) is 0 Å². The third kappa shape index (κ3) is 3.20. The maximum atomic E-state index is 2.47. The Balaban J connectivity index is 0.000000245. The summed E-state index contributed by atoms with van der Waals surface area (Å²) in [6, 6.07) is 21.3. The second-order valence-electron chi connectivity index (χ2n) is 6.62. The van der Waals surface area contributed by atoms with E-state index in [2.05, 4.69) is 43.3 Å². The molecule has 3 aromatic carbocycles. The van der Waals surface area contributed by atoms with Crippen LogP contribution >= 0.6 is 0 Å². The normalized spacial score (nSPS) is 14.1. The van der Waals surface area contributed by atoms with Gasteiger partial charge in [-0.1, -0.05) is 52.8 Å². The van der Waals surface area contributed by atoms with Crippen LogP contribution < -0.4 is 0 Å². The van der Waals surface area contributed by atoms with Crippen molar-refractivity contribution in [1.82, 2.24) is 0 Å². The fourth-order valence-corrected chi connectivity index (χ4v) is 3.92. The molecule has 0 atom stereocenters. The first-order valence-electron chi connectivity index (χ1n) is 8.56. The van der Waals surface area contributed by atoms with Gasteiger partial charge in [0.15, 0.2) is 0 Å². The first-order valence-corrected chi connectivity index (χ1v) is 8.56. The monoisotopic (exact) mass is 354 g/mol. The van der Waals surface area contributed by atoms with Crippen molar-refractivity contribution in [2.75, 3.05) is 0 Å². The zero-order valence-corrected chi connectivity index (χ0v) is 15.1. The Labute approximate surface area is 155 Å². The fourth-order valence-electron chi connectivity index (χ4n) is 3.92. The molecule has 0 unspecified atom stereocenters. The van der Waals surface area contributed by atoms with Crippen LogP contribution in [0.3, 0.4) is 0 Å². The average Bonchev–Trinajstić information content (AvgIpc) is 3.31. The number of hydrogen-bond donors (Lipinski definition) is 0. The van der Waals surface area contributed by atoms with E-state index in [0.717, 1.165) is 6.42 Å². The molecule has 24 heavy (non-hydrogen) atoms. The van der Waals surface area contributed by atoms with Crippen LogP contribution in [0.1, 0.15) is 35.6 Å². The van der Waals surface area contributed by atoms with Crippen molar-refractivity contribution < 1.29 is 17.1 Å². The van der Waals surface area contributed by atoms with Gasteiger partial charge in [-0.05, 0) is 19.8 Å². The molecule has 0 aromatic heterocycles. The molecule has 2 aliphatic carbocycles. The molecule has 0 saturated carbocycles. The molecule has 0 heterocycles. The molecule has 0 aliphatic heterocycles. The largest absolute Gasteiger partial charge is 2.00 e. The van der Waals surface area contributed by atoms with E-state index in [1.807, 2.05) is 30.3 Å². The summed E-state index contributed by atoms with van der Waals surface area (Å²) >= 11 is 0. The molecule has 0 saturated heterocycles. The molecule has 0 bridgehead atoms. The van der Waals surface area contributed by atoms with Crippen molar-refractivity contribution in [1.29, 1.82) is 0 Å². The predicted octanol–water partition coefficient (Wildman–Crippen LogP) is 5.92. The van der Waals surface area contributed by atoms with E-state index < -0.39 is 0 Å². The van der Waals surface area contributed by atoms with Gasteiger partial charge in [-0.25, -0.2) is 12.1 Å². The molecular weight excluding hydrogens is 332 g/mol. The molecule has 5 rings (SSSR count). The zero-order valence-electron chi connectivity index (χ0n) is 14.0. The molecule has 3 aromatic rings. The Hall–Kier alpha value is -1.82. The van der Waals surface area contributed by atoms with Gasteiger partial charge in [-0.15, -0.1) is 23.3 Å². The Bertz CT molecular complexity index is 800. The van der Waals surface area contributed by atoms with Crippen LogP contribution in [-0.4, -0.2) is 0 Å². The molecule has 1 heteroatoms. The summed E-state index contributed by atoms with van der Waals surface area (Å²) in [5.74, 6) is 0. The predicted molar refractivity (Wildman–Crippen MR) is 98.9 cm³/mol. The minimum Gasteiger partial charge on any atom is -0.214 e. The van der Waals surface area contributed by atoms with Gasteiger partial charge in [-0.2, -0.15) is 30.3 Å². The number of allylic oxidation sites excluding steroid dienone is 1. The van der Waals surface area contributed by atoms with Crippen molar-refractivity contribution in [2.45, 2.75) is 32.6 Å². The zero-order chi connectivity index (χ0) is 15.6. The van der Waals surface area contributed by atoms with E-state index in [4.69, 9.17) is 0 Å². The summed E-state index contributed by atoms with van der Waals surface area (Å²) in [6.45, 7) is 2.25. The van der Waals surface area contributed by atoms with Crippen LogP contribution in [0.25, 0.3) is 17.2 Å². The van der Waals surface area contributed by atoms with Crippen molar-refractivity contribution in [3.63, 3.8) is 0 Å². The first kappa shape index (κ1) is 17.0. The maximum absolute atomic E-state index is 2.47. The summed E-state index contributed by atoms with van der Waals surface area (Å²) in [6.07, 6.45) is 7.41. The second kappa shape index (κ2) is 7.38. The molecular formula is C23H22Fe. The number of hydrogen-bond acceptors (Lipinski definition) is 0. The molecule has 0 N–H and O–H groups in total. The van der Waals surface area contributed by atoms with Crippen LogP contribution in [0.4, 0.5) is 0 Å². The van der Waals surface area contributed by atoms with Gasteiger partial charge in [0.05, 0.1) is 0 Å². The summed E-state index contributed by atoms with van der Waals surface area (Å²) in [4.78, 5) is 0. The smallest absolute Gasteiger partial charge is 0.214 e. The van der Waals surface area contributed by atoms with Crippen molar-refractivity contribution >= 4 is 6.08 Å². The van der Waals surface area contributed by atoms with E-state index in [0.29, 0.717) is 0 Å².